The second-order valence-corrected chi connectivity index (χ2v) is 12.8. The molecule has 3 aromatic rings. The normalized spacial score (nSPS) is 16.3. The number of amides is 5. The van der Waals surface area contributed by atoms with Crippen molar-refractivity contribution in [2.45, 2.75) is 70.7 Å². The van der Waals surface area contributed by atoms with E-state index in [-0.39, 0.29) is 43.3 Å². The number of primary amides is 1. The third kappa shape index (κ3) is 10.9. The van der Waals surface area contributed by atoms with E-state index in [4.69, 9.17) is 10.5 Å². The molecule has 1 fully saturated rings. The van der Waals surface area contributed by atoms with Gasteiger partial charge in [-0.1, -0.05) is 86.6 Å². The maximum Gasteiger partial charge on any atom is 0.408 e. The molecule has 5 amide bonds. The fourth-order valence-corrected chi connectivity index (χ4v) is 5.98. The molecule has 4 rings (SSSR count). The third-order valence-electron chi connectivity index (χ3n) is 8.48. The van der Waals surface area contributed by atoms with E-state index in [0.29, 0.717) is 13.0 Å². The van der Waals surface area contributed by atoms with Gasteiger partial charge in [0.1, 0.15) is 30.3 Å². The molecule has 6 N–H and O–H groups in total. The summed E-state index contributed by atoms with van der Waals surface area (Å²) in [6.07, 6.45) is 2.23. The fraction of sp³-hybridized carbons (Fsp3) is 0.368. The number of piperidine rings is 1. The Labute approximate surface area is 291 Å². The number of nitrogens with zero attached hydrogens (tertiary/aromatic N) is 1. The Bertz CT molecular complexity index is 1750. The Morgan fingerprint density at radius 3 is 2.36 bits per heavy atom. The van der Waals surface area contributed by atoms with Crippen molar-refractivity contribution in [3.63, 3.8) is 0 Å². The molecule has 1 heterocycles. The second kappa shape index (κ2) is 18.2. The van der Waals surface area contributed by atoms with E-state index in [1.807, 2.05) is 86.6 Å². The number of fused-ring (bicyclic) bond motifs is 1. The summed E-state index contributed by atoms with van der Waals surface area (Å²) < 4.78 is 5.44. The van der Waals surface area contributed by atoms with Crippen LogP contribution in [-0.2, 0) is 36.9 Å². The lowest BCUT2D eigenvalue weighted by Gasteiger charge is -2.28. The molecule has 0 aromatic heterocycles. The first kappa shape index (κ1) is 37.1. The van der Waals surface area contributed by atoms with Crippen LogP contribution in [0, 0.1) is 23.2 Å². The van der Waals surface area contributed by atoms with Gasteiger partial charge < -0.3 is 31.7 Å². The molecule has 0 aliphatic carbocycles. The van der Waals surface area contributed by atoms with Crippen LogP contribution in [0.4, 0.5) is 4.79 Å². The van der Waals surface area contributed by atoms with Crippen LogP contribution in [-0.4, -0.2) is 54.4 Å². The molecule has 0 spiro atoms. The van der Waals surface area contributed by atoms with E-state index in [9.17, 15) is 29.2 Å². The summed E-state index contributed by atoms with van der Waals surface area (Å²) in [5.74, 6) is -2.84. The summed E-state index contributed by atoms with van der Waals surface area (Å²) in [7, 11) is 0. The maximum absolute atomic E-state index is 14.0. The average Bonchev–Trinajstić information content (AvgIpc) is 3.10. The molecule has 1 unspecified atom stereocenters. The minimum absolute atomic E-state index is 0.00241. The van der Waals surface area contributed by atoms with Gasteiger partial charge in [0.15, 0.2) is 0 Å². The number of nitrogens with two attached hydrogens (primary N) is 1. The minimum Gasteiger partial charge on any atom is -0.445 e. The number of benzene rings is 3. The average molecular weight is 681 g/mol. The van der Waals surface area contributed by atoms with Crippen molar-refractivity contribution in [3.05, 3.63) is 95.6 Å². The fourth-order valence-electron chi connectivity index (χ4n) is 5.98. The van der Waals surface area contributed by atoms with Crippen LogP contribution in [0.5, 0.6) is 0 Å². The van der Waals surface area contributed by atoms with Crippen molar-refractivity contribution in [2.75, 3.05) is 6.54 Å². The number of rotatable bonds is 15. The second-order valence-electron chi connectivity index (χ2n) is 12.8. The zero-order chi connectivity index (χ0) is 36.0. The van der Waals surface area contributed by atoms with E-state index in [2.05, 4.69) is 21.3 Å². The molecule has 12 heteroatoms. The summed E-state index contributed by atoms with van der Waals surface area (Å²) in [5.41, 5.74) is 6.61. The number of ether oxygens (including phenoxy) is 1. The van der Waals surface area contributed by atoms with Gasteiger partial charge in [0.05, 0.1) is 0 Å². The predicted molar refractivity (Wildman–Crippen MR) is 188 cm³/mol. The molecular formula is C38H44N6O6. The molecule has 0 radical (unpaired) electrons. The van der Waals surface area contributed by atoms with Gasteiger partial charge in [-0.05, 0) is 59.6 Å². The van der Waals surface area contributed by atoms with Crippen molar-refractivity contribution in [2.24, 2.45) is 17.6 Å². The topological polar surface area (TPSA) is 193 Å². The molecule has 262 valence electrons. The van der Waals surface area contributed by atoms with Crippen LogP contribution in [0.15, 0.2) is 84.4 Å². The molecular weight excluding hydrogens is 636 g/mol. The van der Waals surface area contributed by atoms with Gasteiger partial charge in [0.2, 0.25) is 17.7 Å². The SMILES string of the molecule is CC(C)C[C@H](NC(=O)C(Cc1cccc2ccccc12)NC(=O)OCc1ccccc1)C(=O)N[C@H](/C=C(\C#N)C(N)=O)C[C@@H]1CCCNC1=O. The Kier molecular flexibility index (Phi) is 13.5. The first-order valence-electron chi connectivity index (χ1n) is 16.8. The lowest BCUT2D eigenvalue weighted by Crippen LogP contribution is -2.56. The number of carbonyl (C=O) groups excluding carboxylic acids is 5. The number of nitrogens with one attached hydrogen (secondary N) is 4. The van der Waals surface area contributed by atoms with E-state index < -0.39 is 47.9 Å². The maximum atomic E-state index is 14.0. The Morgan fingerprint density at radius 2 is 1.66 bits per heavy atom. The van der Waals surface area contributed by atoms with E-state index in [1.165, 1.54) is 6.08 Å². The van der Waals surface area contributed by atoms with Gasteiger partial charge in [-0.2, -0.15) is 5.26 Å². The monoisotopic (exact) mass is 680 g/mol. The standard InChI is InChI=1S/C38H44N6O6/c1-24(2)18-32(36(47)42-30(20-29(22-39)34(40)45)19-28-15-9-17-41-35(28)46)43-37(48)33(44-38(49)50-23-25-10-4-3-5-11-25)21-27-14-8-13-26-12-6-7-16-31(26)27/h3-8,10-14,16,20,24,28,30,32-33H,9,15,17-19,21,23H2,1-2H3,(H2,40,45)(H,41,46)(H,42,47)(H,43,48)(H,44,49)/b29-20+/t28-,30-,32-,33?/m0/s1. The van der Waals surface area contributed by atoms with Gasteiger partial charge in [-0.15, -0.1) is 0 Å². The summed E-state index contributed by atoms with van der Waals surface area (Å²) >= 11 is 0. The Hall–Kier alpha value is -5.70. The van der Waals surface area contributed by atoms with Gasteiger partial charge in [0, 0.05) is 24.9 Å². The molecule has 3 aromatic carbocycles. The number of hydrogen-bond acceptors (Lipinski definition) is 7. The number of alkyl carbamates (subject to hydrolysis) is 1. The van der Waals surface area contributed by atoms with E-state index in [0.717, 1.165) is 28.3 Å². The van der Waals surface area contributed by atoms with Gasteiger partial charge in [-0.3, -0.25) is 19.2 Å². The zero-order valence-corrected chi connectivity index (χ0v) is 28.3. The Balaban J connectivity index is 1.57. The third-order valence-corrected chi connectivity index (χ3v) is 8.48. The molecule has 12 nitrogen and oxygen atoms in total. The zero-order valence-electron chi connectivity index (χ0n) is 28.3. The van der Waals surface area contributed by atoms with Crippen LogP contribution in [0.2, 0.25) is 0 Å². The molecule has 0 bridgehead atoms. The van der Waals surface area contributed by atoms with E-state index >= 15 is 0 Å². The highest BCUT2D eigenvalue weighted by Gasteiger charge is 2.31. The molecule has 50 heavy (non-hydrogen) atoms. The highest BCUT2D eigenvalue weighted by molar-refractivity contribution is 5.96. The van der Waals surface area contributed by atoms with Gasteiger partial charge in [-0.25, -0.2) is 4.79 Å². The van der Waals surface area contributed by atoms with Crippen molar-refractivity contribution in [3.8, 4) is 6.07 Å². The van der Waals surface area contributed by atoms with Crippen molar-refractivity contribution >= 4 is 40.5 Å². The molecule has 4 atom stereocenters. The van der Waals surface area contributed by atoms with Crippen molar-refractivity contribution in [1.82, 2.24) is 21.3 Å². The molecule has 1 saturated heterocycles. The summed E-state index contributed by atoms with van der Waals surface area (Å²) in [6.45, 7) is 4.33. The number of nitriles is 1. The van der Waals surface area contributed by atoms with Crippen LogP contribution in [0.25, 0.3) is 10.8 Å². The van der Waals surface area contributed by atoms with Gasteiger partial charge >= 0.3 is 6.09 Å². The predicted octanol–water partition coefficient (Wildman–Crippen LogP) is 3.54. The first-order chi connectivity index (χ1) is 24.0. The molecule has 1 aliphatic rings. The minimum atomic E-state index is -1.12. The summed E-state index contributed by atoms with van der Waals surface area (Å²) in [4.78, 5) is 65.4. The summed E-state index contributed by atoms with van der Waals surface area (Å²) in [6, 6.07) is 21.2. The lowest BCUT2D eigenvalue weighted by molar-refractivity contribution is -0.131. The lowest BCUT2D eigenvalue weighted by atomic mass is 9.90. The Morgan fingerprint density at radius 1 is 0.960 bits per heavy atom. The first-order valence-corrected chi connectivity index (χ1v) is 16.8. The molecule has 0 saturated carbocycles. The smallest absolute Gasteiger partial charge is 0.408 e. The quantitative estimate of drug-likeness (QED) is 0.120. The van der Waals surface area contributed by atoms with Crippen LogP contribution in [0.3, 0.4) is 0 Å². The highest BCUT2D eigenvalue weighted by Crippen LogP contribution is 2.21. The van der Waals surface area contributed by atoms with Crippen molar-refractivity contribution < 1.29 is 28.7 Å². The van der Waals surface area contributed by atoms with Crippen LogP contribution < -0.4 is 27.0 Å². The van der Waals surface area contributed by atoms with Gasteiger partial charge in [0.25, 0.3) is 5.91 Å². The largest absolute Gasteiger partial charge is 0.445 e. The van der Waals surface area contributed by atoms with Crippen molar-refractivity contribution in [1.29, 1.82) is 5.26 Å². The number of hydrogen-bond donors (Lipinski definition) is 5. The highest BCUT2D eigenvalue weighted by atomic mass is 16.5. The van der Waals surface area contributed by atoms with Crippen LogP contribution >= 0.6 is 0 Å². The molecule has 1 aliphatic heterocycles. The summed E-state index contributed by atoms with van der Waals surface area (Å²) in [5, 5.41) is 22.5. The van der Waals surface area contributed by atoms with Crippen LogP contribution in [0.1, 0.15) is 50.7 Å². The number of carbonyl (C=O) groups is 5. The van der Waals surface area contributed by atoms with E-state index in [1.54, 1.807) is 6.07 Å².